The third kappa shape index (κ3) is 1.57. The number of nitrogens with zero attached hydrogens (tertiary/aromatic N) is 1. The molecule has 0 aliphatic heterocycles. The van der Waals surface area contributed by atoms with Crippen LogP contribution in [-0.2, 0) is 5.41 Å². The number of nitrogens with two attached hydrogens (primary N) is 1. The van der Waals surface area contributed by atoms with Crippen molar-refractivity contribution in [1.82, 2.24) is 4.98 Å². The van der Waals surface area contributed by atoms with Crippen LogP contribution in [0.4, 0.5) is 0 Å². The highest BCUT2D eigenvalue weighted by molar-refractivity contribution is 5.73. The molecule has 0 radical (unpaired) electrons. The minimum Gasteiger partial charge on any atom is -0.440 e. The first-order chi connectivity index (χ1) is 8.09. The number of benzene rings is 1. The molecule has 3 nitrogen and oxygen atoms in total. The Labute approximate surface area is 101 Å². The van der Waals surface area contributed by atoms with Gasteiger partial charge in [0, 0.05) is 6.04 Å². The molecule has 0 spiro atoms. The van der Waals surface area contributed by atoms with Crippen LogP contribution < -0.4 is 5.73 Å². The van der Waals surface area contributed by atoms with Gasteiger partial charge in [0.05, 0.1) is 5.41 Å². The highest BCUT2D eigenvalue weighted by Gasteiger charge is 2.42. The highest BCUT2D eigenvalue weighted by Crippen LogP contribution is 2.40. The van der Waals surface area contributed by atoms with Gasteiger partial charge in [-0.05, 0) is 44.4 Å². The molecule has 17 heavy (non-hydrogen) atoms. The Balaban J connectivity index is 2.12. The average molecular weight is 230 g/mol. The van der Waals surface area contributed by atoms with Crippen molar-refractivity contribution in [3.63, 3.8) is 0 Å². The third-order valence-electron chi connectivity index (χ3n) is 4.06. The Kier molecular flexibility index (Phi) is 2.26. The second kappa shape index (κ2) is 3.57. The summed E-state index contributed by atoms with van der Waals surface area (Å²) in [6.07, 6.45) is 3.30. The first-order valence-corrected chi connectivity index (χ1v) is 6.23. The molecule has 1 aliphatic rings. The van der Waals surface area contributed by atoms with Gasteiger partial charge in [-0.25, -0.2) is 4.98 Å². The Morgan fingerprint density at radius 1 is 1.47 bits per heavy atom. The van der Waals surface area contributed by atoms with Crippen LogP contribution in [0.2, 0.25) is 0 Å². The van der Waals surface area contributed by atoms with Gasteiger partial charge in [-0.1, -0.05) is 12.5 Å². The SMILES string of the molecule is Cc1ccc2nc(C3(C)CCCC3N)oc2c1. The number of aromatic nitrogens is 1. The molecule has 1 aromatic heterocycles. The summed E-state index contributed by atoms with van der Waals surface area (Å²) < 4.78 is 5.92. The summed E-state index contributed by atoms with van der Waals surface area (Å²) in [5.74, 6) is 0.808. The Hall–Kier alpha value is -1.35. The van der Waals surface area contributed by atoms with Crippen molar-refractivity contribution in [2.45, 2.75) is 44.6 Å². The molecule has 2 aromatic rings. The lowest BCUT2D eigenvalue weighted by atomic mass is 9.85. The van der Waals surface area contributed by atoms with Crippen molar-refractivity contribution in [2.75, 3.05) is 0 Å². The highest BCUT2D eigenvalue weighted by atomic mass is 16.3. The maximum Gasteiger partial charge on any atom is 0.202 e. The Bertz CT molecular complexity index is 560. The van der Waals surface area contributed by atoms with Crippen molar-refractivity contribution in [1.29, 1.82) is 0 Å². The maximum atomic E-state index is 6.20. The predicted octanol–water partition coefficient (Wildman–Crippen LogP) is 2.91. The summed E-state index contributed by atoms with van der Waals surface area (Å²) in [6.45, 7) is 4.23. The molecular weight excluding hydrogens is 212 g/mol. The van der Waals surface area contributed by atoms with E-state index in [4.69, 9.17) is 10.2 Å². The normalized spacial score (nSPS) is 29.0. The number of hydrogen-bond acceptors (Lipinski definition) is 3. The van der Waals surface area contributed by atoms with E-state index in [2.05, 4.69) is 24.9 Å². The lowest BCUT2D eigenvalue weighted by Gasteiger charge is -2.24. The third-order valence-corrected chi connectivity index (χ3v) is 4.06. The number of oxazole rings is 1. The molecule has 1 aromatic carbocycles. The fraction of sp³-hybridized carbons (Fsp3) is 0.500. The molecule has 2 unspecified atom stereocenters. The zero-order chi connectivity index (χ0) is 12.0. The van der Waals surface area contributed by atoms with Crippen molar-refractivity contribution in [2.24, 2.45) is 5.73 Å². The number of rotatable bonds is 1. The van der Waals surface area contributed by atoms with E-state index in [1.165, 1.54) is 5.56 Å². The average Bonchev–Trinajstić information content (AvgIpc) is 2.84. The molecule has 3 rings (SSSR count). The summed E-state index contributed by atoms with van der Waals surface area (Å²) in [6, 6.07) is 6.28. The minimum absolute atomic E-state index is 0.0904. The van der Waals surface area contributed by atoms with Gasteiger partial charge in [0.15, 0.2) is 5.58 Å². The molecule has 0 amide bonds. The quantitative estimate of drug-likeness (QED) is 0.819. The van der Waals surface area contributed by atoms with E-state index in [9.17, 15) is 0 Å². The molecule has 2 atom stereocenters. The smallest absolute Gasteiger partial charge is 0.202 e. The van der Waals surface area contributed by atoms with Crippen molar-refractivity contribution in [3.8, 4) is 0 Å². The van der Waals surface area contributed by atoms with Gasteiger partial charge < -0.3 is 10.2 Å². The molecule has 0 bridgehead atoms. The van der Waals surface area contributed by atoms with E-state index in [1.54, 1.807) is 0 Å². The van der Waals surface area contributed by atoms with Crippen LogP contribution >= 0.6 is 0 Å². The van der Waals surface area contributed by atoms with E-state index in [1.807, 2.05) is 12.1 Å². The predicted molar refractivity (Wildman–Crippen MR) is 67.9 cm³/mol. The van der Waals surface area contributed by atoms with Crippen molar-refractivity contribution >= 4 is 11.1 Å². The van der Waals surface area contributed by atoms with Gasteiger partial charge in [0.25, 0.3) is 0 Å². The molecule has 3 heteroatoms. The van der Waals surface area contributed by atoms with Gasteiger partial charge in [-0.3, -0.25) is 0 Å². The second-order valence-electron chi connectivity index (χ2n) is 5.41. The van der Waals surface area contributed by atoms with Gasteiger partial charge in [0.1, 0.15) is 5.52 Å². The number of aryl methyl sites for hydroxylation is 1. The number of fused-ring (bicyclic) bond motifs is 1. The molecule has 0 saturated heterocycles. The van der Waals surface area contributed by atoms with Crippen LogP contribution in [0.5, 0.6) is 0 Å². The van der Waals surface area contributed by atoms with Gasteiger partial charge in [-0.15, -0.1) is 0 Å². The Morgan fingerprint density at radius 3 is 3.00 bits per heavy atom. The van der Waals surface area contributed by atoms with Crippen LogP contribution in [0.25, 0.3) is 11.1 Å². The van der Waals surface area contributed by atoms with Gasteiger partial charge in [-0.2, -0.15) is 0 Å². The Morgan fingerprint density at radius 2 is 2.29 bits per heavy atom. The summed E-state index contributed by atoms with van der Waals surface area (Å²) in [4.78, 5) is 4.61. The zero-order valence-corrected chi connectivity index (χ0v) is 10.4. The largest absolute Gasteiger partial charge is 0.440 e. The minimum atomic E-state index is -0.0904. The van der Waals surface area contributed by atoms with Crippen LogP contribution in [0.1, 0.15) is 37.6 Å². The molecule has 1 aliphatic carbocycles. The van der Waals surface area contributed by atoms with Crippen LogP contribution in [0.3, 0.4) is 0 Å². The molecule has 1 heterocycles. The maximum absolute atomic E-state index is 6.20. The molecule has 2 N–H and O–H groups in total. The van der Waals surface area contributed by atoms with Gasteiger partial charge in [0.2, 0.25) is 5.89 Å². The van der Waals surface area contributed by atoms with Crippen molar-refractivity contribution < 1.29 is 4.42 Å². The molecule has 1 saturated carbocycles. The molecular formula is C14H18N2O. The van der Waals surface area contributed by atoms with Crippen LogP contribution in [0.15, 0.2) is 22.6 Å². The monoisotopic (exact) mass is 230 g/mol. The van der Waals surface area contributed by atoms with E-state index >= 15 is 0 Å². The van der Waals surface area contributed by atoms with E-state index in [0.29, 0.717) is 0 Å². The summed E-state index contributed by atoms with van der Waals surface area (Å²) >= 11 is 0. The van der Waals surface area contributed by atoms with Gasteiger partial charge >= 0.3 is 0 Å². The first kappa shape index (κ1) is 10.8. The van der Waals surface area contributed by atoms with Crippen molar-refractivity contribution in [3.05, 3.63) is 29.7 Å². The van der Waals surface area contributed by atoms with E-state index < -0.39 is 0 Å². The molecule has 1 fully saturated rings. The lowest BCUT2D eigenvalue weighted by Crippen LogP contribution is -2.38. The standard InChI is InChI=1S/C14H18N2O/c1-9-5-6-10-11(8-9)17-13(16-10)14(2)7-3-4-12(14)15/h5-6,8,12H,3-4,7,15H2,1-2H3. The topological polar surface area (TPSA) is 52.0 Å². The van der Waals surface area contributed by atoms with E-state index in [0.717, 1.165) is 36.3 Å². The summed E-state index contributed by atoms with van der Waals surface area (Å²) in [5, 5.41) is 0. The molecule has 90 valence electrons. The van der Waals surface area contributed by atoms with E-state index in [-0.39, 0.29) is 11.5 Å². The number of hydrogen-bond donors (Lipinski definition) is 1. The fourth-order valence-corrected chi connectivity index (χ4v) is 2.73. The first-order valence-electron chi connectivity index (χ1n) is 6.23. The fourth-order valence-electron chi connectivity index (χ4n) is 2.73. The zero-order valence-electron chi connectivity index (χ0n) is 10.4. The van der Waals surface area contributed by atoms with Crippen LogP contribution in [-0.4, -0.2) is 11.0 Å². The summed E-state index contributed by atoms with van der Waals surface area (Å²) in [7, 11) is 0. The lowest BCUT2D eigenvalue weighted by molar-refractivity contribution is 0.332. The summed E-state index contributed by atoms with van der Waals surface area (Å²) in [5.41, 5.74) is 9.11. The van der Waals surface area contributed by atoms with Crippen LogP contribution in [0, 0.1) is 6.92 Å². The second-order valence-corrected chi connectivity index (χ2v) is 5.41.